The van der Waals surface area contributed by atoms with E-state index >= 15 is 0 Å². The van der Waals surface area contributed by atoms with Crippen molar-refractivity contribution in [1.82, 2.24) is 20.3 Å². The predicted octanol–water partition coefficient (Wildman–Crippen LogP) is 4.53. The Morgan fingerprint density at radius 2 is 1.78 bits per heavy atom. The van der Waals surface area contributed by atoms with Crippen molar-refractivity contribution in [2.75, 3.05) is 10.2 Å². The van der Waals surface area contributed by atoms with Crippen molar-refractivity contribution >= 4 is 51.5 Å². The van der Waals surface area contributed by atoms with Gasteiger partial charge in [-0.25, -0.2) is 4.68 Å². The maximum Gasteiger partial charge on any atom is 0.249 e. The van der Waals surface area contributed by atoms with Gasteiger partial charge in [-0.1, -0.05) is 30.3 Å². The van der Waals surface area contributed by atoms with Crippen molar-refractivity contribution in [3.8, 4) is 0 Å². The number of thiophene rings is 1. The van der Waals surface area contributed by atoms with Gasteiger partial charge in [-0.05, 0) is 68.1 Å². The number of fused-ring (bicyclic) bond motifs is 1. The number of nitrogens with zero attached hydrogens (tertiary/aromatic N) is 4. The molecule has 0 aliphatic carbocycles. The number of aromatic nitrogens is 3. The molecule has 0 spiro atoms. The Morgan fingerprint density at radius 3 is 2.43 bits per heavy atom. The highest BCUT2D eigenvalue weighted by molar-refractivity contribution is 7.10. The van der Waals surface area contributed by atoms with Gasteiger partial charge in [0, 0.05) is 28.7 Å². The highest BCUT2D eigenvalue weighted by Gasteiger charge is 2.36. The van der Waals surface area contributed by atoms with Gasteiger partial charge in [0.05, 0.1) is 5.52 Å². The number of benzene rings is 2. The molecule has 2 N–H and O–H groups in total. The summed E-state index contributed by atoms with van der Waals surface area (Å²) in [4.78, 5) is 41.5. The average molecular weight is 519 g/mol. The summed E-state index contributed by atoms with van der Waals surface area (Å²) < 4.78 is 1.54. The maximum absolute atomic E-state index is 14.0. The molecule has 0 saturated heterocycles. The van der Waals surface area contributed by atoms with Crippen LogP contribution in [0.25, 0.3) is 11.0 Å². The molecule has 37 heavy (non-hydrogen) atoms. The number of carbonyl (C=O) groups is 3. The van der Waals surface area contributed by atoms with Crippen molar-refractivity contribution in [2.45, 2.75) is 52.2 Å². The summed E-state index contributed by atoms with van der Waals surface area (Å²) in [7, 11) is 0. The molecular weight excluding hydrogens is 488 g/mol. The second-order valence-electron chi connectivity index (χ2n) is 9.37. The lowest BCUT2D eigenvalue weighted by atomic mass is 10.0. The molecule has 3 amide bonds. The summed E-state index contributed by atoms with van der Waals surface area (Å²) in [6.45, 7) is 7.22. The van der Waals surface area contributed by atoms with Crippen LogP contribution >= 0.6 is 11.3 Å². The molecular formula is C27H30N6O3S. The summed E-state index contributed by atoms with van der Waals surface area (Å²) in [5, 5.41) is 16.1. The van der Waals surface area contributed by atoms with Crippen LogP contribution in [0.1, 0.15) is 45.0 Å². The van der Waals surface area contributed by atoms with Crippen LogP contribution in [-0.2, 0) is 20.9 Å². The monoisotopic (exact) mass is 518 g/mol. The van der Waals surface area contributed by atoms with Gasteiger partial charge in [-0.15, -0.1) is 16.4 Å². The Kier molecular flexibility index (Phi) is 7.68. The summed E-state index contributed by atoms with van der Waals surface area (Å²) in [5.74, 6) is -0.806. The zero-order chi connectivity index (χ0) is 26.6. The molecule has 1 atom stereocenters. The van der Waals surface area contributed by atoms with Crippen LogP contribution in [0, 0.1) is 0 Å². The number of anilines is 2. The van der Waals surface area contributed by atoms with Crippen molar-refractivity contribution in [3.05, 3.63) is 70.9 Å². The van der Waals surface area contributed by atoms with Crippen LogP contribution in [-0.4, -0.2) is 38.3 Å². The quantitative estimate of drug-likeness (QED) is 0.338. The Labute approximate surface area is 219 Å². The number of amides is 3. The van der Waals surface area contributed by atoms with E-state index in [9.17, 15) is 14.4 Å². The molecule has 0 bridgehead atoms. The second-order valence-corrected chi connectivity index (χ2v) is 10.4. The van der Waals surface area contributed by atoms with Gasteiger partial charge in [0.25, 0.3) is 0 Å². The minimum atomic E-state index is -0.903. The molecule has 9 nitrogen and oxygen atoms in total. The van der Waals surface area contributed by atoms with E-state index in [1.165, 1.54) is 27.8 Å². The molecule has 0 aliphatic heterocycles. The Bertz CT molecular complexity index is 1400. The highest BCUT2D eigenvalue weighted by Crippen LogP contribution is 2.32. The topological polar surface area (TPSA) is 109 Å². The molecule has 0 unspecified atom stereocenters. The lowest BCUT2D eigenvalue weighted by Gasteiger charge is -2.34. The van der Waals surface area contributed by atoms with Crippen LogP contribution in [0.2, 0.25) is 0 Å². The van der Waals surface area contributed by atoms with E-state index in [1.807, 2.05) is 62.5 Å². The van der Waals surface area contributed by atoms with Crippen molar-refractivity contribution in [2.24, 2.45) is 0 Å². The zero-order valence-corrected chi connectivity index (χ0v) is 22.1. The smallest absolute Gasteiger partial charge is 0.249 e. The van der Waals surface area contributed by atoms with Crippen LogP contribution in [0.5, 0.6) is 0 Å². The van der Waals surface area contributed by atoms with E-state index in [4.69, 9.17) is 0 Å². The third-order valence-corrected chi connectivity index (χ3v) is 7.03. The summed E-state index contributed by atoms with van der Waals surface area (Å²) in [6, 6.07) is 17.1. The summed E-state index contributed by atoms with van der Waals surface area (Å²) in [5.41, 5.74) is 2.06. The minimum absolute atomic E-state index is 0.111. The molecule has 4 aromatic rings. The average Bonchev–Trinajstić information content (AvgIpc) is 3.53. The molecule has 0 aliphatic rings. The molecule has 2 aromatic heterocycles. The Hall–Kier alpha value is -4.05. The zero-order valence-electron chi connectivity index (χ0n) is 21.3. The fourth-order valence-electron chi connectivity index (χ4n) is 3.89. The minimum Gasteiger partial charge on any atom is -0.349 e. The third kappa shape index (κ3) is 6.03. The van der Waals surface area contributed by atoms with Gasteiger partial charge in [-0.2, -0.15) is 0 Å². The van der Waals surface area contributed by atoms with Gasteiger partial charge < -0.3 is 10.6 Å². The molecule has 0 radical (unpaired) electrons. The SMILES string of the molecule is CCC(C)(C)NC(=O)[C@@H](c1cccs1)N(C(=O)Cn1nnc2ccccc21)c1ccc(NC(C)=O)cc1. The van der Waals surface area contributed by atoms with E-state index in [-0.39, 0.29) is 24.3 Å². The first-order valence-corrected chi connectivity index (χ1v) is 12.9. The molecule has 4 rings (SSSR count). The van der Waals surface area contributed by atoms with Gasteiger partial charge in [0.2, 0.25) is 17.7 Å². The summed E-state index contributed by atoms with van der Waals surface area (Å²) in [6.07, 6.45) is 0.722. The Balaban J connectivity index is 1.77. The number of para-hydroxylation sites is 1. The second kappa shape index (κ2) is 10.9. The number of rotatable bonds is 9. The molecule has 2 heterocycles. The lowest BCUT2D eigenvalue weighted by Crippen LogP contribution is -2.50. The number of nitrogens with one attached hydrogen (secondary N) is 2. The Morgan fingerprint density at radius 1 is 1.05 bits per heavy atom. The van der Waals surface area contributed by atoms with E-state index in [2.05, 4.69) is 20.9 Å². The predicted molar refractivity (Wildman–Crippen MR) is 145 cm³/mol. The van der Waals surface area contributed by atoms with Gasteiger partial charge in [-0.3, -0.25) is 19.3 Å². The molecule has 0 fully saturated rings. The summed E-state index contributed by atoms with van der Waals surface area (Å²) >= 11 is 1.41. The highest BCUT2D eigenvalue weighted by atomic mass is 32.1. The van der Waals surface area contributed by atoms with Crippen molar-refractivity contribution < 1.29 is 14.4 Å². The fraction of sp³-hybridized carbons (Fsp3) is 0.296. The van der Waals surface area contributed by atoms with Gasteiger partial charge >= 0.3 is 0 Å². The van der Waals surface area contributed by atoms with Crippen LogP contribution in [0.4, 0.5) is 11.4 Å². The van der Waals surface area contributed by atoms with E-state index in [1.54, 1.807) is 24.3 Å². The first-order valence-electron chi connectivity index (χ1n) is 12.0. The normalized spacial score (nSPS) is 12.2. The van der Waals surface area contributed by atoms with E-state index in [0.717, 1.165) is 16.8 Å². The van der Waals surface area contributed by atoms with Crippen molar-refractivity contribution in [3.63, 3.8) is 0 Å². The maximum atomic E-state index is 14.0. The largest absolute Gasteiger partial charge is 0.349 e. The third-order valence-electron chi connectivity index (χ3n) is 6.10. The molecule has 10 heteroatoms. The standard InChI is InChI=1S/C27H30N6O3S/c1-5-27(3,4)29-26(36)25(23-11-8-16-37-23)33(20-14-12-19(13-15-20)28-18(2)34)24(35)17-32-22-10-7-6-9-21(22)30-31-32/h6-16,25H,5,17H2,1-4H3,(H,28,34)(H,29,36)/t25-/m1/s1. The first kappa shape index (κ1) is 26.0. The number of carbonyl (C=O) groups excluding carboxylic acids is 3. The van der Waals surface area contributed by atoms with Crippen LogP contribution < -0.4 is 15.5 Å². The van der Waals surface area contributed by atoms with E-state index in [0.29, 0.717) is 16.9 Å². The molecule has 192 valence electrons. The van der Waals surface area contributed by atoms with Crippen LogP contribution in [0.3, 0.4) is 0 Å². The first-order chi connectivity index (χ1) is 17.7. The fourth-order valence-corrected chi connectivity index (χ4v) is 4.71. The molecule has 2 aromatic carbocycles. The van der Waals surface area contributed by atoms with Crippen molar-refractivity contribution in [1.29, 1.82) is 0 Å². The lowest BCUT2D eigenvalue weighted by molar-refractivity contribution is -0.128. The van der Waals surface area contributed by atoms with Crippen LogP contribution in [0.15, 0.2) is 66.0 Å². The van der Waals surface area contributed by atoms with Gasteiger partial charge in [0.15, 0.2) is 0 Å². The molecule has 0 saturated carbocycles. The number of hydrogen-bond acceptors (Lipinski definition) is 6. The van der Waals surface area contributed by atoms with Gasteiger partial charge in [0.1, 0.15) is 18.1 Å². The number of hydrogen-bond donors (Lipinski definition) is 2. The van der Waals surface area contributed by atoms with E-state index < -0.39 is 11.6 Å².